The topological polar surface area (TPSA) is 61.3 Å². The Hall–Kier alpha value is -2.64. The SMILES string of the molecule is COc1ncc(-c2c(C=O)cccc2OCC(F)(F)F)cn1. The van der Waals surface area contributed by atoms with Crippen molar-refractivity contribution >= 4 is 6.29 Å². The van der Waals surface area contributed by atoms with Crippen LogP contribution in [0.4, 0.5) is 13.2 Å². The fourth-order valence-corrected chi connectivity index (χ4v) is 1.79. The zero-order valence-corrected chi connectivity index (χ0v) is 11.4. The zero-order chi connectivity index (χ0) is 16.2. The van der Waals surface area contributed by atoms with E-state index in [0.29, 0.717) is 11.8 Å². The van der Waals surface area contributed by atoms with Gasteiger partial charge in [0.05, 0.1) is 7.11 Å². The van der Waals surface area contributed by atoms with E-state index in [0.717, 1.165) is 0 Å². The number of halogens is 3. The fraction of sp³-hybridized carbons (Fsp3) is 0.214. The summed E-state index contributed by atoms with van der Waals surface area (Å²) in [6, 6.07) is 4.35. The molecule has 0 radical (unpaired) electrons. The molecule has 1 aromatic carbocycles. The van der Waals surface area contributed by atoms with Gasteiger partial charge in [0.25, 0.3) is 0 Å². The molecule has 5 nitrogen and oxygen atoms in total. The van der Waals surface area contributed by atoms with Crippen LogP contribution in [-0.4, -0.2) is 36.1 Å². The first-order valence-electron chi connectivity index (χ1n) is 6.09. The summed E-state index contributed by atoms with van der Waals surface area (Å²) in [6.45, 7) is -1.46. The molecular weight excluding hydrogens is 301 g/mol. The van der Waals surface area contributed by atoms with Gasteiger partial charge in [-0.05, 0) is 6.07 Å². The Morgan fingerprint density at radius 3 is 2.45 bits per heavy atom. The fourth-order valence-electron chi connectivity index (χ4n) is 1.79. The van der Waals surface area contributed by atoms with Crippen molar-refractivity contribution in [3.05, 3.63) is 36.2 Å². The number of methoxy groups -OCH3 is 1. The molecule has 0 bridgehead atoms. The van der Waals surface area contributed by atoms with E-state index in [-0.39, 0.29) is 22.9 Å². The van der Waals surface area contributed by atoms with Gasteiger partial charge in [0.1, 0.15) is 5.75 Å². The molecule has 0 N–H and O–H groups in total. The van der Waals surface area contributed by atoms with Crippen LogP contribution in [0.1, 0.15) is 10.4 Å². The van der Waals surface area contributed by atoms with Gasteiger partial charge in [-0.3, -0.25) is 4.79 Å². The van der Waals surface area contributed by atoms with Crippen LogP contribution in [0.15, 0.2) is 30.6 Å². The second-order valence-electron chi connectivity index (χ2n) is 4.20. The van der Waals surface area contributed by atoms with Gasteiger partial charge < -0.3 is 9.47 Å². The summed E-state index contributed by atoms with van der Waals surface area (Å²) < 4.78 is 46.6. The largest absolute Gasteiger partial charge is 0.483 e. The maximum Gasteiger partial charge on any atom is 0.422 e. The van der Waals surface area contributed by atoms with E-state index in [1.807, 2.05) is 0 Å². The van der Waals surface area contributed by atoms with Crippen molar-refractivity contribution in [3.8, 4) is 22.9 Å². The van der Waals surface area contributed by atoms with Crippen molar-refractivity contribution in [2.24, 2.45) is 0 Å². The molecule has 0 aliphatic rings. The van der Waals surface area contributed by atoms with Crippen molar-refractivity contribution in [2.75, 3.05) is 13.7 Å². The summed E-state index contributed by atoms with van der Waals surface area (Å²) >= 11 is 0. The highest BCUT2D eigenvalue weighted by Crippen LogP contribution is 2.33. The van der Waals surface area contributed by atoms with Gasteiger partial charge in [-0.15, -0.1) is 0 Å². The molecule has 0 atom stereocenters. The summed E-state index contributed by atoms with van der Waals surface area (Å²) in [4.78, 5) is 18.9. The molecule has 1 heterocycles. The number of ether oxygens (including phenoxy) is 2. The van der Waals surface area contributed by atoms with Gasteiger partial charge in [-0.25, -0.2) is 9.97 Å². The predicted molar refractivity (Wildman–Crippen MR) is 71.0 cm³/mol. The summed E-state index contributed by atoms with van der Waals surface area (Å²) in [7, 11) is 1.38. The molecule has 0 aliphatic heterocycles. The Bertz CT molecular complexity index is 657. The molecule has 0 aliphatic carbocycles. The monoisotopic (exact) mass is 312 g/mol. The number of carbonyl (C=O) groups excluding carboxylic acids is 1. The number of hydrogen-bond acceptors (Lipinski definition) is 5. The van der Waals surface area contributed by atoms with Gasteiger partial charge >= 0.3 is 12.2 Å². The third kappa shape index (κ3) is 3.72. The maximum atomic E-state index is 12.3. The molecule has 0 unspecified atom stereocenters. The molecule has 8 heteroatoms. The van der Waals surface area contributed by atoms with E-state index in [1.165, 1.54) is 37.7 Å². The van der Waals surface area contributed by atoms with E-state index in [9.17, 15) is 18.0 Å². The number of benzene rings is 1. The zero-order valence-electron chi connectivity index (χ0n) is 11.4. The van der Waals surface area contributed by atoms with Gasteiger partial charge in [-0.1, -0.05) is 12.1 Å². The van der Waals surface area contributed by atoms with E-state index in [2.05, 4.69) is 9.97 Å². The highest BCUT2D eigenvalue weighted by atomic mass is 19.4. The first-order valence-corrected chi connectivity index (χ1v) is 6.09. The van der Waals surface area contributed by atoms with Crippen LogP contribution < -0.4 is 9.47 Å². The molecule has 0 amide bonds. The van der Waals surface area contributed by atoms with Crippen LogP contribution in [0, 0.1) is 0 Å². The van der Waals surface area contributed by atoms with Crippen molar-refractivity contribution in [1.29, 1.82) is 0 Å². The number of carbonyl (C=O) groups is 1. The Morgan fingerprint density at radius 1 is 1.23 bits per heavy atom. The van der Waals surface area contributed by atoms with Crippen LogP contribution >= 0.6 is 0 Å². The average molecular weight is 312 g/mol. The van der Waals surface area contributed by atoms with Crippen LogP contribution in [-0.2, 0) is 0 Å². The Labute approximate surface area is 123 Å². The van der Waals surface area contributed by atoms with Crippen molar-refractivity contribution in [2.45, 2.75) is 6.18 Å². The first-order chi connectivity index (χ1) is 10.4. The Morgan fingerprint density at radius 2 is 1.91 bits per heavy atom. The Kier molecular flexibility index (Phi) is 4.59. The lowest BCUT2D eigenvalue weighted by atomic mass is 10.0. The summed E-state index contributed by atoms with van der Waals surface area (Å²) in [5, 5.41) is 0. The summed E-state index contributed by atoms with van der Waals surface area (Å²) in [6.07, 6.45) is -1.27. The normalized spacial score (nSPS) is 11.1. The molecule has 0 saturated heterocycles. The summed E-state index contributed by atoms with van der Waals surface area (Å²) in [5.41, 5.74) is 0.721. The lowest BCUT2D eigenvalue weighted by Gasteiger charge is -2.14. The molecule has 116 valence electrons. The molecule has 0 fully saturated rings. The van der Waals surface area contributed by atoms with Gasteiger partial charge in [0.2, 0.25) is 0 Å². The number of aldehydes is 1. The van der Waals surface area contributed by atoms with Crippen LogP contribution in [0.2, 0.25) is 0 Å². The lowest BCUT2D eigenvalue weighted by molar-refractivity contribution is -0.153. The number of nitrogens with zero attached hydrogens (tertiary/aromatic N) is 2. The second-order valence-corrected chi connectivity index (χ2v) is 4.20. The molecule has 2 rings (SSSR count). The quantitative estimate of drug-likeness (QED) is 0.794. The van der Waals surface area contributed by atoms with E-state index >= 15 is 0 Å². The van der Waals surface area contributed by atoms with Crippen molar-refractivity contribution in [1.82, 2.24) is 9.97 Å². The average Bonchev–Trinajstić information content (AvgIpc) is 2.52. The molecule has 0 saturated carbocycles. The number of rotatable bonds is 5. The number of alkyl halides is 3. The highest BCUT2D eigenvalue weighted by molar-refractivity contribution is 5.90. The van der Waals surface area contributed by atoms with E-state index in [1.54, 1.807) is 0 Å². The molecule has 0 spiro atoms. The molecule has 1 aromatic heterocycles. The number of hydrogen-bond donors (Lipinski definition) is 0. The third-order valence-corrected chi connectivity index (χ3v) is 2.68. The minimum atomic E-state index is -4.48. The van der Waals surface area contributed by atoms with Crippen molar-refractivity contribution in [3.63, 3.8) is 0 Å². The van der Waals surface area contributed by atoms with E-state index < -0.39 is 12.8 Å². The van der Waals surface area contributed by atoms with Crippen molar-refractivity contribution < 1.29 is 27.4 Å². The molecular formula is C14H11F3N2O3. The minimum Gasteiger partial charge on any atom is -0.483 e. The Balaban J connectivity index is 2.44. The molecule has 22 heavy (non-hydrogen) atoms. The van der Waals surface area contributed by atoms with Gasteiger partial charge in [-0.2, -0.15) is 13.2 Å². The van der Waals surface area contributed by atoms with Gasteiger partial charge in [0.15, 0.2) is 12.9 Å². The highest BCUT2D eigenvalue weighted by Gasteiger charge is 2.29. The lowest BCUT2D eigenvalue weighted by Crippen LogP contribution is -2.19. The van der Waals surface area contributed by atoms with Crippen LogP contribution in [0.3, 0.4) is 0 Å². The standard InChI is InChI=1S/C14H11F3N2O3/c1-21-13-18-5-10(6-19-13)12-9(7-20)3-2-4-11(12)22-8-14(15,16)17/h2-7H,8H2,1H3. The number of aromatic nitrogens is 2. The molecule has 2 aromatic rings. The smallest absolute Gasteiger partial charge is 0.422 e. The minimum absolute atomic E-state index is 0.0734. The van der Waals surface area contributed by atoms with Crippen LogP contribution in [0.25, 0.3) is 11.1 Å². The predicted octanol–water partition coefficient (Wildman–Crippen LogP) is 2.91. The van der Waals surface area contributed by atoms with Crippen LogP contribution in [0.5, 0.6) is 11.8 Å². The summed E-state index contributed by atoms with van der Waals surface area (Å²) in [5.74, 6) is -0.0734. The van der Waals surface area contributed by atoms with Gasteiger partial charge in [0, 0.05) is 29.1 Å². The third-order valence-electron chi connectivity index (χ3n) is 2.68. The second kappa shape index (κ2) is 6.42. The first kappa shape index (κ1) is 15.7. The maximum absolute atomic E-state index is 12.3. The van der Waals surface area contributed by atoms with E-state index in [4.69, 9.17) is 9.47 Å².